The summed E-state index contributed by atoms with van der Waals surface area (Å²) in [6.07, 6.45) is 1.25. The number of aryl methyl sites for hydroxylation is 1. The molecule has 1 aromatic carbocycles. The highest BCUT2D eigenvalue weighted by Crippen LogP contribution is 2.30. The van der Waals surface area contributed by atoms with Gasteiger partial charge in [-0.2, -0.15) is 0 Å². The Morgan fingerprint density at radius 3 is 2.75 bits per heavy atom. The fourth-order valence-electron chi connectivity index (χ4n) is 3.20. The summed E-state index contributed by atoms with van der Waals surface area (Å²) in [5.41, 5.74) is 2.32. The molecule has 2 heterocycles. The van der Waals surface area contributed by atoms with E-state index in [2.05, 4.69) is 10.3 Å². The number of thiazole rings is 1. The van der Waals surface area contributed by atoms with Gasteiger partial charge in [-0.1, -0.05) is 6.07 Å². The first-order chi connectivity index (χ1) is 13.5. The molecule has 0 saturated carbocycles. The Labute approximate surface area is 168 Å². The molecule has 0 aliphatic carbocycles. The first-order valence-electron chi connectivity index (χ1n) is 9.35. The number of rotatable bonds is 6. The smallest absolute Gasteiger partial charge is 0.309 e. The lowest BCUT2D eigenvalue weighted by molar-refractivity contribution is -0.149. The van der Waals surface area contributed by atoms with Gasteiger partial charge in [0, 0.05) is 18.5 Å². The van der Waals surface area contributed by atoms with Crippen molar-refractivity contribution in [1.82, 2.24) is 9.88 Å². The van der Waals surface area contributed by atoms with Gasteiger partial charge >= 0.3 is 5.97 Å². The molecule has 1 aliphatic rings. The lowest BCUT2D eigenvalue weighted by atomic mass is 9.97. The van der Waals surface area contributed by atoms with E-state index in [4.69, 9.17) is 9.47 Å². The standard InChI is InChI=1S/C20H25N3O4S/c1-4-27-19(25)14-7-9-23(10-8-14)18(24)16-12-28-20(22-16)21-15-11-13(2)5-6-17(15)26-3/h5-6,11-12,14H,4,7-10H2,1-3H3,(H,21,22). The maximum atomic E-state index is 12.7. The average Bonchev–Trinajstić information content (AvgIpc) is 3.16. The van der Waals surface area contributed by atoms with E-state index in [1.165, 1.54) is 11.3 Å². The van der Waals surface area contributed by atoms with E-state index < -0.39 is 0 Å². The normalized spacial score (nSPS) is 14.6. The third-order valence-electron chi connectivity index (χ3n) is 4.72. The van der Waals surface area contributed by atoms with Crippen LogP contribution in [0.2, 0.25) is 0 Å². The van der Waals surface area contributed by atoms with Gasteiger partial charge in [0.25, 0.3) is 5.91 Å². The third kappa shape index (κ3) is 4.62. The number of amides is 1. The number of hydrogen-bond acceptors (Lipinski definition) is 7. The molecular weight excluding hydrogens is 378 g/mol. The molecule has 0 radical (unpaired) electrons. The second-order valence-corrected chi connectivity index (χ2v) is 7.54. The molecule has 0 spiro atoms. The van der Waals surface area contributed by atoms with Gasteiger partial charge in [0.15, 0.2) is 5.13 Å². The van der Waals surface area contributed by atoms with E-state index in [1.54, 1.807) is 24.3 Å². The van der Waals surface area contributed by atoms with Crippen molar-refractivity contribution in [2.45, 2.75) is 26.7 Å². The predicted octanol–water partition coefficient (Wildman–Crippen LogP) is 3.62. The lowest BCUT2D eigenvalue weighted by Crippen LogP contribution is -2.40. The number of ether oxygens (including phenoxy) is 2. The van der Waals surface area contributed by atoms with Crippen LogP contribution in [-0.2, 0) is 9.53 Å². The summed E-state index contributed by atoms with van der Waals surface area (Å²) < 4.78 is 10.4. The topological polar surface area (TPSA) is 80.8 Å². The number of nitrogens with one attached hydrogen (secondary N) is 1. The van der Waals surface area contributed by atoms with Crippen molar-refractivity contribution in [3.63, 3.8) is 0 Å². The number of carbonyl (C=O) groups is 2. The van der Waals surface area contributed by atoms with Crippen LogP contribution in [0.3, 0.4) is 0 Å². The molecule has 7 nitrogen and oxygen atoms in total. The number of nitrogens with zero attached hydrogens (tertiary/aromatic N) is 2. The minimum absolute atomic E-state index is 0.109. The number of hydrogen-bond donors (Lipinski definition) is 1. The molecule has 1 fully saturated rings. The monoisotopic (exact) mass is 403 g/mol. The Balaban J connectivity index is 1.62. The van der Waals surface area contributed by atoms with Crippen molar-refractivity contribution in [3.8, 4) is 5.75 Å². The van der Waals surface area contributed by atoms with Crippen molar-refractivity contribution in [1.29, 1.82) is 0 Å². The Kier molecular flexibility index (Phi) is 6.51. The minimum Gasteiger partial charge on any atom is -0.495 e. The fraction of sp³-hybridized carbons (Fsp3) is 0.450. The molecule has 0 unspecified atom stereocenters. The highest BCUT2D eigenvalue weighted by molar-refractivity contribution is 7.14. The number of piperidine rings is 1. The molecule has 1 saturated heterocycles. The number of esters is 1. The molecular formula is C20H25N3O4S. The van der Waals surface area contributed by atoms with Gasteiger partial charge in [-0.25, -0.2) is 4.98 Å². The van der Waals surface area contributed by atoms with Crippen LogP contribution in [0.25, 0.3) is 0 Å². The zero-order valence-electron chi connectivity index (χ0n) is 16.4. The fourth-order valence-corrected chi connectivity index (χ4v) is 3.90. The second-order valence-electron chi connectivity index (χ2n) is 6.69. The molecule has 0 atom stereocenters. The Bertz CT molecular complexity index is 844. The minimum atomic E-state index is -0.165. The van der Waals surface area contributed by atoms with Gasteiger partial charge in [-0.3, -0.25) is 9.59 Å². The predicted molar refractivity (Wildman–Crippen MR) is 108 cm³/mol. The highest BCUT2D eigenvalue weighted by atomic mass is 32.1. The first-order valence-corrected chi connectivity index (χ1v) is 10.2. The molecule has 1 aliphatic heterocycles. The van der Waals surface area contributed by atoms with Crippen LogP contribution in [0.5, 0.6) is 5.75 Å². The summed E-state index contributed by atoms with van der Waals surface area (Å²) in [6, 6.07) is 5.84. The SMILES string of the molecule is CCOC(=O)C1CCN(C(=O)c2csc(Nc3cc(C)ccc3OC)n2)CC1. The summed E-state index contributed by atoms with van der Waals surface area (Å²) in [4.78, 5) is 30.8. The van der Waals surface area contributed by atoms with Gasteiger partial charge in [0.05, 0.1) is 25.3 Å². The van der Waals surface area contributed by atoms with E-state index in [0.29, 0.717) is 43.4 Å². The van der Waals surface area contributed by atoms with Crippen LogP contribution in [0.15, 0.2) is 23.6 Å². The molecule has 1 aromatic heterocycles. The van der Waals surface area contributed by atoms with Crippen LogP contribution in [-0.4, -0.2) is 48.6 Å². The number of aromatic nitrogens is 1. The molecule has 1 N–H and O–H groups in total. The van der Waals surface area contributed by atoms with E-state index >= 15 is 0 Å². The second kappa shape index (κ2) is 9.05. The quantitative estimate of drug-likeness (QED) is 0.742. The van der Waals surface area contributed by atoms with E-state index in [-0.39, 0.29) is 17.8 Å². The summed E-state index contributed by atoms with van der Waals surface area (Å²) in [7, 11) is 1.62. The van der Waals surface area contributed by atoms with Crippen LogP contribution < -0.4 is 10.1 Å². The molecule has 28 heavy (non-hydrogen) atoms. The first kappa shape index (κ1) is 20.1. The van der Waals surface area contributed by atoms with Crippen molar-refractivity contribution in [3.05, 3.63) is 34.8 Å². The molecule has 2 aromatic rings. The summed E-state index contributed by atoms with van der Waals surface area (Å²) in [6.45, 7) is 5.26. The maximum Gasteiger partial charge on any atom is 0.309 e. The third-order valence-corrected chi connectivity index (χ3v) is 5.48. The van der Waals surface area contributed by atoms with E-state index in [1.807, 2.05) is 25.1 Å². The van der Waals surface area contributed by atoms with Crippen molar-refractivity contribution >= 4 is 34.0 Å². The molecule has 0 bridgehead atoms. The number of likely N-dealkylation sites (tertiary alicyclic amines) is 1. The van der Waals surface area contributed by atoms with Gasteiger partial charge in [-0.05, 0) is 44.4 Å². The van der Waals surface area contributed by atoms with Crippen LogP contribution in [0.1, 0.15) is 35.8 Å². The number of anilines is 2. The van der Waals surface area contributed by atoms with Gasteiger partial charge in [-0.15, -0.1) is 11.3 Å². The van der Waals surface area contributed by atoms with Crippen molar-refractivity contribution < 1.29 is 19.1 Å². The summed E-state index contributed by atoms with van der Waals surface area (Å²) in [5, 5.41) is 5.62. The molecule has 150 valence electrons. The van der Waals surface area contributed by atoms with Crippen molar-refractivity contribution in [2.75, 3.05) is 32.1 Å². The summed E-state index contributed by atoms with van der Waals surface area (Å²) in [5.74, 6) is 0.324. The number of methoxy groups -OCH3 is 1. The Morgan fingerprint density at radius 2 is 2.07 bits per heavy atom. The molecule has 1 amide bonds. The highest BCUT2D eigenvalue weighted by Gasteiger charge is 2.29. The van der Waals surface area contributed by atoms with Crippen LogP contribution in [0.4, 0.5) is 10.8 Å². The maximum absolute atomic E-state index is 12.7. The number of carbonyl (C=O) groups excluding carboxylic acids is 2. The van der Waals surface area contributed by atoms with E-state index in [0.717, 1.165) is 17.0 Å². The van der Waals surface area contributed by atoms with Crippen LogP contribution >= 0.6 is 11.3 Å². The van der Waals surface area contributed by atoms with E-state index in [9.17, 15) is 9.59 Å². The number of benzene rings is 1. The van der Waals surface area contributed by atoms with Gasteiger partial charge in [0.1, 0.15) is 11.4 Å². The zero-order valence-corrected chi connectivity index (χ0v) is 17.2. The molecule has 3 rings (SSSR count). The Morgan fingerprint density at radius 1 is 1.32 bits per heavy atom. The van der Waals surface area contributed by atoms with Crippen LogP contribution in [0, 0.1) is 12.8 Å². The molecule has 8 heteroatoms. The van der Waals surface area contributed by atoms with Gasteiger partial charge < -0.3 is 19.7 Å². The summed E-state index contributed by atoms with van der Waals surface area (Å²) >= 11 is 1.37. The largest absolute Gasteiger partial charge is 0.495 e. The van der Waals surface area contributed by atoms with Gasteiger partial charge in [0.2, 0.25) is 0 Å². The average molecular weight is 404 g/mol. The zero-order chi connectivity index (χ0) is 20.1. The van der Waals surface area contributed by atoms with Crippen molar-refractivity contribution in [2.24, 2.45) is 5.92 Å². The lowest BCUT2D eigenvalue weighted by Gasteiger charge is -2.30. The Hall–Kier alpha value is -2.61.